The van der Waals surface area contributed by atoms with Crippen LogP contribution in [-0.2, 0) is 25.8 Å². The first-order valence-corrected chi connectivity index (χ1v) is 20.7. The van der Waals surface area contributed by atoms with Crippen LogP contribution in [-0.4, -0.2) is 60.7 Å². The number of nitrogens with one attached hydrogen (secondary N) is 2. The molecule has 1 aromatic heterocycles. The number of methoxy groups -OCH3 is 1. The number of anilines is 2. The summed E-state index contributed by atoms with van der Waals surface area (Å²) in [5.41, 5.74) is 2.94. The van der Waals surface area contributed by atoms with Crippen LogP contribution in [0.4, 0.5) is 16.2 Å². The molecule has 3 heterocycles. The summed E-state index contributed by atoms with van der Waals surface area (Å²) in [5.74, 6) is 0.501. The number of hydrogen-bond donors (Lipinski definition) is 2. The van der Waals surface area contributed by atoms with E-state index in [0.29, 0.717) is 71.0 Å². The molecule has 0 radical (unpaired) electrons. The van der Waals surface area contributed by atoms with Gasteiger partial charge in [-0.15, -0.1) is 0 Å². The van der Waals surface area contributed by atoms with Crippen molar-refractivity contribution in [3.8, 4) is 11.3 Å². The van der Waals surface area contributed by atoms with Gasteiger partial charge in [0.05, 0.1) is 18.8 Å². The third-order valence-electron chi connectivity index (χ3n) is 8.65. The molecule has 1 unspecified atom stereocenters. The van der Waals surface area contributed by atoms with Crippen LogP contribution in [0.3, 0.4) is 0 Å². The molecule has 1 saturated heterocycles. The topological polar surface area (TPSA) is 115 Å². The van der Waals surface area contributed by atoms with Crippen LogP contribution in [0.2, 0.25) is 35.9 Å². The maximum atomic E-state index is 13.9. The van der Waals surface area contributed by atoms with Crippen LogP contribution < -0.4 is 10.6 Å². The van der Waals surface area contributed by atoms with Gasteiger partial charge < -0.3 is 19.7 Å². The molecule has 2 aromatic carbocycles. The lowest BCUT2D eigenvalue weighted by Crippen LogP contribution is -2.41. The third kappa shape index (κ3) is 8.87. The van der Waals surface area contributed by atoms with Gasteiger partial charge in [0.15, 0.2) is 0 Å². The van der Waals surface area contributed by atoms with E-state index in [4.69, 9.17) is 37.7 Å². The normalized spacial score (nSPS) is 19.3. The van der Waals surface area contributed by atoms with Crippen molar-refractivity contribution in [3.05, 3.63) is 76.2 Å². The predicted molar refractivity (Wildman–Crippen MR) is 192 cm³/mol. The zero-order valence-electron chi connectivity index (χ0n) is 27.9. The number of allylic oxidation sites excluding steroid dienone is 1. The summed E-state index contributed by atoms with van der Waals surface area (Å²) in [6.45, 7) is 8.15. The van der Waals surface area contributed by atoms with Gasteiger partial charge in [-0.3, -0.25) is 19.5 Å². The summed E-state index contributed by atoms with van der Waals surface area (Å²) in [5, 5.41) is 6.61. The quantitative estimate of drug-likeness (QED) is 0.138. The Bertz CT molecular complexity index is 1690. The van der Waals surface area contributed by atoms with Gasteiger partial charge in [0.2, 0.25) is 11.8 Å². The number of nitrogens with zero attached hydrogens (tertiary/aromatic N) is 3. The molecule has 3 amide bonds. The SMILES string of the molecule is COC(=O)Nc1ccc2c(c1)NC(=O)CC/C=C\C[C@H](N1CCC(c3cccc(Cl)c3)CC1=O)c1nc-2c(Cl)n1COCC[Si](C)(C)C. The Morgan fingerprint density at radius 2 is 1.94 bits per heavy atom. The van der Waals surface area contributed by atoms with Gasteiger partial charge in [-0.05, 0) is 67.1 Å². The monoisotopic (exact) mass is 711 g/mol. The van der Waals surface area contributed by atoms with Crippen LogP contribution >= 0.6 is 23.2 Å². The first-order valence-electron chi connectivity index (χ1n) is 16.3. The Balaban J connectivity index is 1.56. The third-order valence-corrected chi connectivity index (χ3v) is 11.0. The largest absolute Gasteiger partial charge is 0.453 e. The summed E-state index contributed by atoms with van der Waals surface area (Å²) >= 11 is 13.4. The van der Waals surface area contributed by atoms with Crippen LogP contribution in [0.1, 0.15) is 55.5 Å². The highest BCUT2D eigenvalue weighted by Crippen LogP contribution is 2.41. The molecule has 2 N–H and O–H groups in total. The molecule has 2 aliphatic rings. The van der Waals surface area contributed by atoms with E-state index in [2.05, 4.69) is 30.3 Å². The second kappa shape index (κ2) is 15.7. The first-order chi connectivity index (χ1) is 22.9. The highest BCUT2D eigenvalue weighted by molar-refractivity contribution is 6.76. The minimum absolute atomic E-state index is 0.0246. The van der Waals surface area contributed by atoms with E-state index in [-0.39, 0.29) is 30.9 Å². The fourth-order valence-electron chi connectivity index (χ4n) is 6.00. The molecule has 48 heavy (non-hydrogen) atoms. The summed E-state index contributed by atoms with van der Waals surface area (Å²) < 4.78 is 12.8. The number of aromatic nitrogens is 2. The van der Waals surface area contributed by atoms with Crippen molar-refractivity contribution in [2.75, 3.05) is 30.9 Å². The molecule has 2 atom stereocenters. The van der Waals surface area contributed by atoms with Crippen molar-refractivity contribution < 1.29 is 23.9 Å². The predicted octanol–water partition coefficient (Wildman–Crippen LogP) is 8.47. The Kier molecular flexibility index (Phi) is 11.7. The number of imidazole rings is 1. The average molecular weight is 713 g/mol. The van der Waals surface area contributed by atoms with Crippen molar-refractivity contribution in [3.63, 3.8) is 0 Å². The molecule has 3 aromatic rings. The van der Waals surface area contributed by atoms with Crippen LogP contribution in [0.5, 0.6) is 0 Å². The van der Waals surface area contributed by atoms with Gasteiger partial charge in [0.25, 0.3) is 0 Å². The van der Waals surface area contributed by atoms with Crippen molar-refractivity contribution in [1.82, 2.24) is 14.5 Å². The molecule has 256 valence electrons. The van der Waals surface area contributed by atoms with E-state index in [1.807, 2.05) is 45.9 Å². The summed E-state index contributed by atoms with van der Waals surface area (Å²) in [6, 6.07) is 13.4. The average Bonchev–Trinajstić information content (AvgIpc) is 3.36. The minimum Gasteiger partial charge on any atom is -0.453 e. The number of ether oxygens (including phenoxy) is 2. The Hall–Kier alpha value is -3.64. The van der Waals surface area contributed by atoms with Gasteiger partial charge >= 0.3 is 6.09 Å². The zero-order chi connectivity index (χ0) is 34.4. The van der Waals surface area contributed by atoms with Crippen molar-refractivity contribution in [2.45, 2.75) is 76.5 Å². The van der Waals surface area contributed by atoms with E-state index in [0.717, 1.165) is 18.0 Å². The first kappa shape index (κ1) is 35.7. The van der Waals surface area contributed by atoms with Crippen molar-refractivity contribution in [1.29, 1.82) is 0 Å². The number of fused-ring (bicyclic) bond motifs is 4. The highest BCUT2D eigenvalue weighted by atomic mass is 35.5. The number of benzene rings is 2. The molecule has 0 spiro atoms. The maximum Gasteiger partial charge on any atom is 0.411 e. The number of halogens is 2. The second-order valence-electron chi connectivity index (χ2n) is 13.4. The molecule has 0 aliphatic carbocycles. The number of carbonyl (C=O) groups is 3. The van der Waals surface area contributed by atoms with Crippen LogP contribution in [0.15, 0.2) is 54.6 Å². The van der Waals surface area contributed by atoms with Gasteiger partial charge in [-0.25, -0.2) is 9.78 Å². The fraction of sp³-hybridized carbons (Fsp3) is 0.429. The van der Waals surface area contributed by atoms with Crippen LogP contribution in [0, 0.1) is 0 Å². The van der Waals surface area contributed by atoms with Gasteiger partial charge in [0.1, 0.15) is 23.4 Å². The summed E-state index contributed by atoms with van der Waals surface area (Å²) in [7, 11) is -0.0728. The number of rotatable bonds is 8. The van der Waals surface area contributed by atoms with Gasteiger partial charge in [0, 0.05) is 50.3 Å². The van der Waals surface area contributed by atoms with Gasteiger partial charge in [-0.1, -0.05) is 67.1 Å². The lowest BCUT2D eigenvalue weighted by atomic mass is 9.88. The van der Waals surface area contributed by atoms with E-state index in [1.54, 1.807) is 18.2 Å². The van der Waals surface area contributed by atoms with E-state index < -0.39 is 20.2 Å². The summed E-state index contributed by atoms with van der Waals surface area (Å²) in [4.78, 5) is 45.9. The number of amides is 3. The van der Waals surface area contributed by atoms with Crippen LogP contribution in [0.25, 0.3) is 11.3 Å². The molecular weight excluding hydrogens is 669 g/mol. The highest BCUT2D eigenvalue weighted by Gasteiger charge is 2.36. The molecule has 10 nitrogen and oxygen atoms in total. The fourth-order valence-corrected chi connectivity index (χ4v) is 7.23. The lowest BCUT2D eigenvalue weighted by Gasteiger charge is -2.37. The van der Waals surface area contributed by atoms with E-state index in [1.165, 1.54) is 7.11 Å². The van der Waals surface area contributed by atoms with Crippen molar-refractivity contribution >= 4 is 60.6 Å². The molecule has 2 aliphatic heterocycles. The van der Waals surface area contributed by atoms with Crippen molar-refractivity contribution in [2.24, 2.45) is 0 Å². The molecule has 13 heteroatoms. The maximum absolute atomic E-state index is 13.9. The van der Waals surface area contributed by atoms with E-state index in [9.17, 15) is 14.4 Å². The molecular formula is C35H43Cl2N5O5Si. The zero-order valence-corrected chi connectivity index (χ0v) is 30.4. The molecule has 0 saturated carbocycles. The molecule has 1 fully saturated rings. The standard InChI is InChI=1S/C35H43Cl2N5O5Si/c1-46-35(45)38-26-13-14-27-28(21-26)39-30(43)12-7-5-6-11-29(34-40-32(27)33(37)42(34)22-47-17-18-48(2,3)4)41-16-15-24(20-31(41)44)23-9-8-10-25(36)19-23/h5-6,8-10,13-14,19,21,24,29H,7,11-12,15-18,20,22H2,1-4H3,(H,38,45)(H,39,43)/b6-5-/t24?,29-/m0/s1. The summed E-state index contributed by atoms with van der Waals surface area (Å²) in [6.07, 6.45) is 5.72. The Labute approximate surface area is 292 Å². The second-order valence-corrected chi connectivity index (χ2v) is 19.8. The number of piperidine rings is 1. The van der Waals surface area contributed by atoms with E-state index >= 15 is 0 Å². The Morgan fingerprint density at radius 1 is 1.12 bits per heavy atom. The molecule has 5 rings (SSSR count). The smallest absolute Gasteiger partial charge is 0.411 e. The minimum atomic E-state index is -1.35. The number of hydrogen-bond acceptors (Lipinski definition) is 6. The number of carbonyl (C=O) groups excluding carboxylic acids is 3. The lowest BCUT2D eigenvalue weighted by molar-refractivity contribution is -0.137. The van der Waals surface area contributed by atoms with Gasteiger partial charge in [-0.2, -0.15) is 0 Å². The molecule has 2 bridgehead atoms. The number of likely N-dealkylation sites (tertiary alicyclic amines) is 1. The Morgan fingerprint density at radius 3 is 2.67 bits per heavy atom.